The number of allylic oxidation sites excluding steroid dienone is 1. The molecule has 5 rings (SSSR count). The van der Waals surface area contributed by atoms with Gasteiger partial charge in [-0.1, -0.05) is 19.1 Å². The molecule has 1 unspecified atom stereocenters. The number of nitrogens with zero attached hydrogens (tertiary/aromatic N) is 2. The Morgan fingerprint density at radius 3 is 2.66 bits per heavy atom. The zero-order chi connectivity index (χ0) is 22.5. The molecular weight excluding hydrogens is 406 g/mol. The van der Waals surface area contributed by atoms with Crippen LogP contribution in [-0.4, -0.2) is 54.9 Å². The molecule has 0 bridgehead atoms. The first-order valence-corrected chi connectivity index (χ1v) is 12.0. The second-order valence-corrected chi connectivity index (χ2v) is 10.5. The van der Waals surface area contributed by atoms with Gasteiger partial charge in [-0.3, -0.25) is 9.69 Å². The number of hydrogen-bond donors (Lipinski definition) is 2. The average Bonchev–Trinajstić information content (AvgIpc) is 3.06. The van der Waals surface area contributed by atoms with Crippen molar-refractivity contribution < 1.29 is 20.0 Å². The van der Waals surface area contributed by atoms with Crippen LogP contribution >= 0.6 is 0 Å². The zero-order valence-electron chi connectivity index (χ0n) is 19.0. The minimum atomic E-state index is -0.900. The molecule has 1 aromatic rings. The summed E-state index contributed by atoms with van der Waals surface area (Å²) in [5.41, 5.74) is 2.99. The van der Waals surface area contributed by atoms with Crippen molar-refractivity contribution in [1.29, 1.82) is 0 Å². The van der Waals surface area contributed by atoms with Gasteiger partial charge >= 0.3 is 5.97 Å². The molecule has 32 heavy (non-hydrogen) atoms. The van der Waals surface area contributed by atoms with Gasteiger partial charge in [-0.05, 0) is 55.6 Å². The Labute approximate surface area is 190 Å². The standard InChI is InChI=1S/C25H35N3O4/c1-17-4-3-9-25(2)15-23-20(14-22(17)25)21(24(29)32-23)16-26-10-12-27(13-11-26)18-5-7-19(8-6-18)28(30)31/h5-8,20-23,28,30H,1,3-4,9-16H2,2H3/t20-,21-,22+,23+,25+/m0/s1. The van der Waals surface area contributed by atoms with Crippen molar-refractivity contribution in [1.82, 2.24) is 4.90 Å². The molecule has 2 aliphatic heterocycles. The summed E-state index contributed by atoms with van der Waals surface area (Å²) in [5, 5.41) is 19.3. The second kappa shape index (κ2) is 8.45. The fourth-order valence-electron chi connectivity index (χ4n) is 6.75. The lowest BCUT2D eigenvalue weighted by molar-refractivity contribution is -0.991. The number of esters is 1. The topological polar surface area (TPSA) is 80.5 Å². The largest absolute Gasteiger partial charge is 0.595 e. The number of anilines is 1. The molecule has 2 heterocycles. The maximum absolute atomic E-state index is 12.8. The predicted octanol–water partition coefficient (Wildman–Crippen LogP) is 2.53. The van der Waals surface area contributed by atoms with E-state index in [1.165, 1.54) is 18.4 Å². The highest BCUT2D eigenvalue weighted by molar-refractivity contribution is 5.75. The van der Waals surface area contributed by atoms with Crippen molar-refractivity contribution in [3.05, 3.63) is 41.6 Å². The van der Waals surface area contributed by atoms with E-state index >= 15 is 0 Å². The molecule has 0 aromatic heterocycles. The predicted molar refractivity (Wildman–Crippen MR) is 122 cm³/mol. The van der Waals surface area contributed by atoms with Crippen LogP contribution in [0.2, 0.25) is 0 Å². The Balaban J connectivity index is 1.20. The Hall–Kier alpha value is -1.93. The fourth-order valence-corrected chi connectivity index (χ4v) is 6.75. The molecule has 1 aromatic carbocycles. The van der Waals surface area contributed by atoms with E-state index in [0.717, 1.165) is 57.7 Å². The highest BCUT2D eigenvalue weighted by Gasteiger charge is 2.55. The average molecular weight is 442 g/mol. The molecule has 0 spiro atoms. The summed E-state index contributed by atoms with van der Waals surface area (Å²) in [6.07, 6.45) is 5.68. The smallest absolute Gasteiger partial charge is 0.310 e. The number of ether oxygens (including phenoxy) is 1. The Kier molecular flexibility index (Phi) is 5.78. The van der Waals surface area contributed by atoms with Crippen LogP contribution in [0, 0.1) is 28.4 Å². The molecular formula is C25H35N3O4. The van der Waals surface area contributed by atoms with Gasteiger partial charge < -0.3 is 14.8 Å². The number of piperazine rings is 1. The van der Waals surface area contributed by atoms with E-state index < -0.39 is 5.23 Å². The zero-order valence-corrected chi connectivity index (χ0v) is 19.0. The molecule has 4 aliphatic rings. The van der Waals surface area contributed by atoms with Crippen molar-refractivity contribution in [2.45, 2.75) is 45.1 Å². The molecule has 174 valence electrons. The van der Waals surface area contributed by atoms with Crippen molar-refractivity contribution in [3.8, 4) is 0 Å². The van der Waals surface area contributed by atoms with Gasteiger partial charge in [0.1, 0.15) is 6.10 Å². The lowest BCUT2D eigenvalue weighted by atomic mass is 9.55. The number of rotatable bonds is 4. The van der Waals surface area contributed by atoms with Crippen LogP contribution in [0.1, 0.15) is 39.0 Å². The van der Waals surface area contributed by atoms with Crippen LogP contribution in [0.4, 0.5) is 11.4 Å². The monoisotopic (exact) mass is 441 g/mol. The van der Waals surface area contributed by atoms with Crippen LogP contribution < -0.4 is 10.1 Å². The SMILES string of the molecule is C=C1CCC[C@]2(C)C[C@H]3OC(=O)[C@@H](CN4CCN(c5ccc([NH+]([O-])O)cc5)CC4)[C@@H]3C[C@H]12. The molecule has 2 aliphatic carbocycles. The normalized spacial score (nSPS) is 36.4. The highest BCUT2D eigenvalue weighted by atomic mass is 16.8. The van der Waals surface area contributed by atoms with Crippen LogP contribution in [0.3, 0.4) is 0 Å². The van der Waals surface area contributed by atoms with E-state index in [4.69, 9.17) is 9.94 Å². The van der Waals surface area contributed by atoms with Gasteiger partial charge in [-0.25, -0.2) is 5.21 Å². The van der Waals surface area contributed by atoms with E-state index in [0.29, 0.717) is 17.5 Å². The van der Waals surface area contributed by atoms with Gasteiger partial charge in [0.05, 0.1) is 5.92 Å². The number of nitrogens with one attached hydrogen (secondary N) is 1. The second-order valence-electron chi connectivity index (χ2n) is 10.5. The van der Waals surface area contributed by atoms with E-state index in [1.807, 2.05) is 12.1 Å². The molecule has 2 N–H and O–H groups in total. The minimum Gasteiger partial charge on any atom is -0.595 e. The first kappa shape index (κ1) is 21.9. The third-order valence-corrected chi connectivity index (χ3v) is 8.63. The van der Waals surface area contributed by atoms with Crippen molar-refractivity contribution in [2.24, 2.45) is 23.2 Å². The Bertz CT molecular complexity index is 864. The maximum Gasteiger partial charge on any atom is 0.310 e. The summed E-state index contributed by atoms with van der Waals surface area (Å²) in [7, 11) is 0. The third kappa shape index (κ3) is 3.96. The summed E-state index contributed by atoms with van der Waals surface area (Å²) in [4.78, 5) is 17.5. The lowest BCUT2D eigenvalue weighted by Gasteiger charge is -2.50. The lowest BCUT2D eigenvalue weighted by Crippen LogP contribution is -2.99. The molecule has 7 nitrogen and oxygen atoms in total. The fraction of sp³-hybridized carbons (Fsp3) is 0.640. The van der Waals surface area contributed by atoms with Gasteiger partial charge in [-0.2, -0.15) is 5.23 Å². The quantitative estimate of drug-likeness (QED) is 0.425. The highest BCUT2D eigenvalue weighted by Crippen LogP contribution is 2.56. The van der Waals surface area contributed by atoms with Crippen molar-refractivity contribution in [3.63, 3.8) is 0 Å². The summed E-state index contributed by atoms with van der Waals surface area (Å²) in [6.45, 7) is 11.1. The molecule has 0 radical (unpaired) electrons. The summed E-state index contributed by atoms with van der Waals surface area (Å²) in [5.74, 6) is 0.817. The number of carbonyl (C=O) groups is 1. The first-order valence-electron chi connectivity index (χ1n) is 12.0. The van der Waals surface area contributed by atoms with Crippen LogP contribution in [0.25, 0.3) is 0 Å². The number of fused-ring (bicyclic) bond motifs is 2. The number of quaternary nitrogens is 1. The molecule has 2 saturated carbocycles. The summed E-state index contributed by atoms with van der Waals surface area (Å²) in [6, 6.07) is 7.09. The van der Waals surface area contributed by atoms with Crippen LogP contribution in [0.15, 0.2) is 36.4 Å². The van der Waals surface area contributed by atoms with E-state index in [2.05, 4.69) is 23.3 Å². The molecule has 2 saturated heterocycles. The third-order valence-electron chi connectivity index (χ3n) is 8.63. The van der Waals surface area contributed by atoms with E-state index in [-0.39, 0.29) is 23.4 Å². The van der Waals surface area contributed by atoms with Gasteiger partial charge in [0, 0.05) is 56.5 Å². The van der Waals surface area contributed by atoms with Crippen molar-refractivity contribution >= 4 is 17.3 Å². The van der Waals surface area contributed by atoms with Crippen LogP contribution in [0.5, 0.6) is 0 Å². The molecule has 6 atom stereocenters. The summed E-state index contributed by atoms with van der Waals surface area (Å²) < 4.78 is 5.94. The minimum absolute atomic E-state index is 0.000418. The maximum atomic E-state index is 12.8. The van der Waals surface area contributed by atoms with Gasteiger partial charge in [0.25, 0.3) is 0 Å². The number of carbonyl (C=O) groups excluding carboxylic acids is 1. The summed E-state index contributed by atoms with van der Waals surface area (Å²) >= 11 is 0. The van der Waals surface area contributed by atoms with Crippen LogP contribution in [-0.2, 0) is 9.53 Å². The Morgan fingerprint density at radius 2 is 1.97 bits per heavy atom. The van der Waals surface area contributed by atoms with Gasteiger partial charge in [0.15, 0.2) is 5.69 Å². The molecule has 4 fully saturated rings. The Morgan fingerprint density at radius 1 is 1.25 bits per heavy atom. The van der Waals surface area contributed by atoms with E-state index in [1.54, 1.807) is 12.1 Å². The first-order chi connectivity index (χ1) is 15.3. The van der Waals surface area contributed by atoms with Gasteiger partial charge in [0.2, 0.25) is 0 Å². The molecule has 7 heteroatoms. The number of benzene rings is 1. The van der Waals surface area contributed by atoms with Gasteiger partial charge in [-0.15, -0.1) is 0 Å². The molecule has 0 amide bonds. The number of hydrogen-bond acceptors (Lipinski definition) is 6. The van der Waals surface area contributed by atoms with E-state index in [9.17, 15) is 10.0 Å². The van der Waals surface area contributed by atoms with Crippen molar-refractivity contribution in [2.75, 3.05) is 37.6 Å².